The van der Waals surface area contributed by atoms with E-state index >= 15 is 0 Å². The minimum absolute atomic E-state index is 0.123. The molecule has 0 heterocycles. The van der Waals surface area contributed by atoms with Crippen LogP contribution in [0.4, 0.5) is 18.9 Å². The van der Waals surface area contributed by atoms with Crippen molar-refractivity contribution < 1.29 is 22.6 Å². The predicted molar refractivity (Wildman–Crippen MR) is 58.2 cm³/mol. The highest BCUT2D eigenvalue weighted by molar-refractivity contribution is 5.57. The van der Waals surface area contributed by atoms with E-state index in [1.165, 1.54) is 0 Å². The monoisotopic (exact) mass is 249 g/mol. The van der Waals surface area contributed by atoms with Crippen LogP contribution in [0.1, 0.15) is 19.4 Å². The smallest absolute Gasteiger partial charge is 0.423 e. The van der Waals surface area contributed by atoms with Gasteiger partial charge in [-0.05, 0) is 13.8 Å². The summed E-state index contributed by atoms with van der Waals surface area (Å²) in [5, 5.41) is 0. The molecule has 0 unspecified atom stereocenters. The van der Waals surface area contributed by atoms with Crippen molar-refractivity contribution in [3.8, 4) is 11.5 Å². The molecule has 96 valence electrons. The van der Waals surface area contributed by atoms with Crippen molar-refractivity contribution in [3.05, 3.63) is 17.7 Å². The SMILES string of the molecule is CCOc1cc(N)cc(OCC)c1C(F)(F)F. The summed E-state index contributed by atoms with van der Waals surface area (Å²) >= 11 is 0. The highest BCUT2D eigenvalue weighted by atomic mass is 19.4. The fourth-order valence-corrected chi connectivity index (χ4v) is 1.43. The number of halogens is 3. The zero-order chi connectivity index (χ0) is 13.1. The Bertz CT molecular complexity index is 364. The van der Waals surface area contributed by atoms with Crippen LogP contribution in [-0.2, 0) is 6.18 Å². The van der Waals surface area contributed by atoms with Gasteiger partial charge in [0.15, 0.2) is 0 Å². The van der Waals surface area contributed by atoms with E-state index < -0.39 is 11.7 Å². The molecule has 0 saturated carbocycles. The first kappa shape index (κ1) is 13.5. The number of hydrogen-bond acceptors (Lipinski definition) is 3. The maximum atomic E-state index is 12.9. The molecule has 1 aromatic rings. The van der Waals surface area contributed by atoms with Gasteiger partial charge in [0.25, 0.3) is 0 Å². The van der Waals surface area contributed by atoms with E-state index in [0.717, 1.165) is 12.1 Å². The van der Waals surface area contributed by atoms with Gasteiger partial charge in [-0.2, -0.15) is 13.2 Å². The van der Waals surface area contributed by atoms with E-state index in [0.29, 0.717) is 0 Å². The van der Waals surface area contributed by atoms with Crippen molar-refractivity contribution in [1.29, 1.82) is 0 Å². The Morgan fingerprint density at radius 1 is 1.06 bits per heavy atom. The van der Waals surface area contributed by atoms with Crippen LogP contribution in [-0.4, -0.2) is 13.2 Å². The molecule has 0 saturated heterocycles. The predicted octanol–water partition coefficient (Wildman–Crippen LogP) is 3.09. The molecule has 0 bridgehead atoms. The summed E-state index contributed by atoms with van der Waals surface area (Å²) < 4.78 is 48.6. The number of benzene rings is 1. The molecule has 17 heavy (non-hydrogen) atoms. The maximum Gasteiger partial charge on any atom is 0.423 e. The summed E-state index contributed by atoms with van der Waals surface area (Å²) in [7, 11) is 0. The minimum Gasteiger partial charge on any atom is -0.493 e. The van der Waals surface area contributed by atoms with Crippen molar-refractivity contribution >= 4 is 5.69 Å². The Kier molecular flexibility index (Phi) is 4.09. The van der Waals surface area contributed by atoms with Crippen molar-refractivity contribution in [2.45, 2.75) is 20.0 Å². The van der Waals surface area contributed by atoms with Crippen LogP contribution in [0.25, 0.3) is 0 Å². The molecule has 0 spiro atoms. The Hall–Kier alpha value is -1.59. The molecule has 3 nitrogen and oxygen atoms in total. The van der Waals surface area contributed by atoms with E-state index in [-0.39, 0.29) is 30.4 Å². The maximum absolute atomic E-state index is 12.9. The van der Waals surface area contributed by atoms with Gasteiger partial charge in [-0.15, -0.1) is 0 Å². The van der Waals surface area contributed by atoms with Crippen molar-refractivity contribution in [1.82, 2.24) is 0 Å². The summed E-state index contributed by atoms with van der Waals surface area (Å²) in [6, 6.07) is 2.30. The van der Waals surface area contributed by atoms with Crippen LogP contribution in [0.15, 0.2) is 12.1 Å². The molecule has 6 heteroatoms. The first-order valence-electron chi connectivity index (χ1n) is 5.16. The molecule has 2 N–H and O–H groups in total. The molecule has 0 amide bonds. The highest BCUT2D eigenvalue weighted by Gasteiger charge is 2.38. The van der Waals surface area contributed by atoms with Gasteiger partial charge in [-0.3, -0.25) is 0 Å². The summed E-state index contributed by atoms with van der Waals surface area (Å²) in [6.07, 6.45) is -4.54. The zero-order valence-electron chi connectivity index (χ0n) is 9.60. The number of nitrogens with two attached hydrogens (primary N) is 1. The Morgan fingerprint density at radius 3 is 1.76 bits per heavy atom. The van der Waals surface area contributed by atoms with Crippen LogP contribution in [0.5, 0.6) is 11.5 Å². The Balaban J connectivity index is 3.36. The largest absolute Gasteiger partial charge is 0.493 e. The third-order valence-corrected chi connectivity index (χ3v) is 1.97. The van der Waals surface area contributed by atoms with Crippen molar-refractivity contribution in [2.75, 3.05) is 18.9 Å². The summed E-state index contributed by atoms with van der Waals surface area (Å²) in [6.45, 7) is 3.45. The number of alkyl halides is 3. The van der Waals surface area contributed by atoms with Gasteiger partial charge in [-0.1, -0.05) is 0 Å². The Morgan fingerprint density at radius 2 is 1.47 bits per heavy atom. The molecule has 0 atom stereocenters. The Labute approximate surface area is 97.3 Å². The quantitative estimate of drug-likeness (QED) is 0.834. The lowest BCUT2D eigenvalue weighted by molar-refractivity contribution is -0.140. The normalized spacial score (nSPS) is 11.4. The molecule has 0 radical (unpaired) electrons. The third kappa shape index (κ3) is 3.18. The highest BCUT2D eigenvalue weighted by Crippen LogP contribution is 2.44. The summed E-state index contributed by atoms with van der Waals surface area (Å²) in [4.78, 5) is 0. The second kappa shape index (κ2) is 5.16. The van der Waals surface area contributed by atoms with Crippen LogP contribution in [0, 0.1) is 0 Å². The van der Waals surface area contributed by atoms with Gasteiger partial charge < -0.3 is 15.2 Å². The van der Waals surface area contributed by atoms with Gasteiger partial charge in [0.1, 0.15) is 17.1 Å². The van der Waals surface area contributed by atoms with Crippen LogP contribution in [0.3, 0.4) is 0 Å². The number of rotatable bonds is 4. The topological polar surface area (TPSA) is 44.5 Å². The first-order chi connectivity index (χ1) is 7.90. The number of anilines is 1. The molecule has 0 fully saturated rings. The van der Waals surface area contributed by atoms with E-state index in [1.54, 1.807) is 13.8 Å². The number of nitrogen functional groups attached to an aromatic ring is 1. The van der Waals surface area contributed by atoms with Gasteiger partial charge in [0, 0.05) is 17.8 Å². The first-order valence-corrected chi connectivity index (χ1v) is 5.16. The second-order valence-electron chi connectivity index (χ2n) is 3.26. The van der Waals surface area contributed by atoms with Gasteiger partial charge in [-0.25, -0.2) is 0 Å². The van der Waals surface area contributed by atoms with Crippen molar-refractivity contribution in [2.24, 2.45) is 0 Å². The molecule has 0 aliphatic rings. The van der Waals surface area contributed by atoms with E-state index in [1.807, 2.05) is 0 Å². The van der Waals surface area contributed by atoms with Crippen LogP contribution < -0.4 is 15.2 Å². The zero-order valence-corrected chi connectivity index (χ0v) is 9.60. The average molecular weight is 249 g/mol. The lowest BCUT2D eigenvalue weighted by Crippen LogP contribution is -2.12. The second-order valence-corrected chi connectivity index (χ2v) is 3.26. The molecule has 0 aromatic heterocycles. The molecule has 0 aliphatic heterocycles. The molecule has 1 aromatic carbocycles. The fraction of sp³-hybridized carbons (Fsp3) is 0.455. The van der Waals surface area contributed by atoms with Crippen LogP contribution >= 0.6 is 0 Å². The van der Waals surface area contributed by atoms with Crippen molar-refractivity contribution in [3.63, 3.8) is 0 Å². The van der Waals surface area contributed by atoms with Gasteiger partial charge >= 0.3 is 6.18 Å². The van der Waals surface area contributed by atoms with E-state index in [4.69, 9.17) is 15.2 Å². The fourth-order valence-electron chi connectivity index (χ4n) is 1.43. The lowest BCUT2D eigenvalue weighted by atomic mass is 10.1. The third-order valence-electron chi connectivity index (χ3n) is 1.97. The summed E-state index contributed by atoms with van der Waals surface area (Å²) in [5.74, 6) is -0.605. The number of hydrogen-bond donors (Lipinski definition) is 1. The molecular formula is C11H14F3NO2. The van der Waals surface area contributed by atoms with Gasteiger partial charge in [0.2, 0.25) is 0 Å². The molecular weight excluding hydrogens is 235 g/mol. The van der Waals surface area contributed by atoms with Crippen LogP contribution in [0.2, 0.25) is 0 Å². The standard InChI is InChI=1S/C11H14F3NO2/c1-3-16-8-5-7(15)6-9(17-4-2)10(8)11(12,13)14/h5-6H,3-4,15H2,1-2H3. The van der Waals surface area contributed by atoms with E-state index in [9.17, 15) is 13.2 Å². The van der Waals surface area contributed by atoms with E-state index in [2.05, 4.69) is 0 Å². The average Bonchev–Trinajstić information content (AvgIpc) is 2.15. The summed E-state index contributed by atoms with van der Waals surface area (Å²) in [5.41, 5.74) is 4.76. The minimum atomic E-state index is -4.54. The number of ether oxygens (including phenoxy) is 2. The lowest BCUT2D eigenvalue weighted by Gasteiger charge is -2.18. The molecule has 0 aliphatic carbocycles. The molecule has 1 rings (SSSR count). The van der Waals surface area contributed by atoms with Gasteiger partial charge in [0.05, 0.1) is 13.2 Å².